The van der Waals surface area contributed by atoms with Gasteiger partial charge in [-0.25, -0.2) is 0 Å². The van der Waals surface area contributed by atoms with Crippen LogP contribution < -0.4 is 15.4 Å². The van der Waals surface area contributed by atoms with Gasteiger partial charge in [-0.05, 0) is 51.1 Å². The molecule has 3 aliphatic rings. The van der Waals surface area contributed by atoms with Crippen LogP contribution in [0.15, 0.2) is 24.3 Å². The highest BCUT2D eigenvalue weighted by molar-refractivity contribution is 5.85. The van der Waals surface area contributed by atoms with Gasteiger partial charge < -0.3 is 15.4 Å². The summed E-state index contributed by atoms with van der Waals surface area (Å²) in [6, 6.07) is 8.64. The van der Waals surface area contributed by atoms with Crippen molar-refractivity contribution in [2.75, 3.05) is 6.54 Å². The van der Waals surface area contributed by atoms with Crippen LogP contribution in [0.25, 0.3) is 0 Å². The van der Waals surface area contributed by atoms with Crippen LogP contribution in [0, 0.1) is 0 Å². The first-order chi connectivity index (χ1) is 11.2. The normalized spacial score (nSPS) is 27.2. The Morgan fingerprint density at radius 1 is 1.25 bits per heavy atom. The second-order valence-electron chi connectivity index (χ2n) is 7.35. The Bertz CT molecular complexity index is 580. The van der Waals surface area contributed by atoms with Gasteiger partial charge >= 0.3 is 0 Å². The molecule has 1 spiro atoms. The number of rotatable bonds is 3. The molecule has 1 amide bonds. The van der Waals surface area contributed by atoms with Crippen molar-refractivity contribution in [3.05, 3.63) is 29.8 Å². The second-order valence-corrected chi connectivity index (χ2v) is 7.35. The first-order valence-electron chi connectivity index (χ1n) is 9.05. The van der Waals surface area contributed by atoms with Gasteiger partial charge in [0.1, 0.15) is 11.4 Å². The van der Waals surface area contributed by atoms with Gasteiger partial charge in [0.05, 0.1) is 6.04 Å². The predicted molar refractivity (Wildman–Crippen MR) is 96.7 cm³/mol. The minimum absolute atomic E-state index is 0. The molecule has 1 aromatic carbocycles. The van der Waals surface area contributed by atoms with E-state index in [1.165, 1.54) is 19.3 Å². The van der Waals surface area contributed by atoms with E-state index in [2.05, 4.69) is 16.7 Å². The van der Waals surface area contributed by atoms with E-state index in [4.69, 9.17) is 4.74 Å². The lowest BCUT2D eigenvalue weighted by Gasteiger charge is -2.40. The highest BCUT2D eigenvalue weighted by atomic mass is 35.5. The summed E-state index contributed by atoms with van der Waals surface area (Å²) >= 11 is 0. The van der Waals surface area contributed by atoms with Gasteiger partial charge in [-0.1, -0.05) is 18.2 Å². The molecule has 2 unspecified atom stereocenters. The molecule has 4 nitrogen and oxygen atoms in total. The number of hydrogen-bond acceptors (Lipinski definition) is 3. The van der Waals surface area contributed by atoms with Crippen molar-refractivity contribution in [1.29, 1.82) is 0 Å². The largest absolute Gasteiger partial charge is 0.487 e. The average molecular weight is 351 g/mol. The molecule has 0 aromatic heterocycles. The predicted octanol–water partition coefficient (Wildman–Crippen LogP) is 3.50. The SMILES string of the molecule is Cl.O=C(CC1CCCN1)NC1CC2(CCCC2)Oc2ccccc21. The number of amides is 1. The maximum absolute atomic E-state index is 12.5. The van der Waals surface area contributed by atoms with Crippen LogP contribution >= 0.6 is 12.4 Å². The molecule has 1 saturated carbocycles. The highest BCUT2D eigenvalue weighted by Crippen LogP contribution is 2.47. The molecule has 2 N–H and O–H groups in total. The number of para-hydroxylation sites is 1. The van der Waals surface area contributed by atoms with E-state index in [1.807, 2.05) is 18.2 Å². The Balaban J connectivity index is 0.00000169. The fraction of sp³-hybridized carbons (Fsp3) is 0.632. The van der Waals surface area contributed by atoms with Gasteiger partial charge in [0.25, 0.3) is 0 Å². The number of carbonyl (C=O) groups is 1. The van der Waals surface area contributed by atoms with Gasteiger partial charge in [0.2, 0.25) is 5.91 Å². The third-order valence-corrected chi connectivity index (χ3v) is 5.64. The van der Waals surface area contributed by atoms with Crippen molar-refractivity contribution in [2.24, 2.45) is 0 Å². The fourth-order valence-electron chi connectivity index (χ4n) is 4.48. The molecule has 2 fully saturated rings. The van der Waals surface area contributed by atoms with Crippen LogP contribution in [0.5, 0.6) is 5.75 Å². The Hall–Kier alpha value is -1.26. The molecule has 1 saturated heterocycles. The van der Waals surface area contributed by atoms with Crippen molar-refractivity contribution in [3.63, 3.8) is 0 Å². The molecule has 2 heterocycles. The number of nitrogens with one attached hydrogen (secondary N) is 2. The minimum Gasteiger partial charge on any atom is -0.487 e. The molecule has 132 valence electrons. The monoisotopic (exact) mass is 350 g/mol. The Labute approximate surface area is 150 Å². The zero-order valence-electron chi connectivity index (χ0n) is 14.1. The van der Waals surface area contributed by atoms with E-state index in [0.717, 1.165) is 43.5 Å². The number of ether oxygens (including phenoxy) is 1. The Kier molecular flexibility index (Phi) is 5.36. The summed E-state index contributed by atoms with van der Waals surface area (Å²) < 4.78 is 6.36. The van der Waals surface area contributed by atoms with E-state index < -0.39 is 0 Å². The first kappa shape index (κ1) is 17.6. The maximum atomic E-state index is 12.5. The van der Waals surface area contributed by atoms with E-state index in [9.17, 15) is 4.79 Å². The van der Waals surface area contributed by atoms with Gasteiger partial charge in [-0.3, -0.25) is 4.79 Å². The zero-order chi connectivity index (χ0) is 15.7. The number of fused-ring (bicyclic) bond motifs is 1. The molecule has 5 heteroatoms. The average Bonchev–Trinajstić information content (AvgIpc) is 3.20. The summed E-state index contributed by atoms with van der Waals surface area (Å²) in [5.41, 5.74) is 1.08. The van der Waals surface area contributed by atoms with Crippen LogP contribution in [0.4, 0.5) is 0 Å². The lowest BCUT2D eigenvalue weighted by molar-refractivity contribution is -0.122. The lowest BCUT2D eigenvalue weighted by atomic mass is 9.86. The van der Waals surface area contributed by atoms with E-state index in [-0.39, 0.29) is 30.0 Å². The smallest absolute Gasteiger partial charge is 0.222 e. The highest BCUT2D eigenvalue weighted by Gasteiger charge is 2.43. The van der Waals surface area contributed by atoms with Gasteiger partial charge in [0.15, 0.2) is 0 Å². The van der Waals surface area contributed by atoms with E-state index in [0.29, 0.717) is 12.5 Å². The molecule has 1 aromatic rings. The van der Waals surface area contributed by atoms with Gasteiger partial charge in [0, 0.05) is 24.4 Å². The maximum Gasteiger partial charge on any atom is 0.222 e. The van der Waals surface area contributed by atoms with Crippen molar-refractivity contribution in [2.45, 2.75) is 69.1 Å². The Morgan fingerprint density at radius 2 is 2.04 bits per heavy atom. The number of carbonyl (C=O) groups excluding carboxylic acids is 1. The minimum atomic E-state index is -0.0576. The van der Waals surface area contributed by atoms with Crippen molar-refractivity contribution >= 4 is 18.3 Å². The van der Waals surface area contributed by atoms with Gasteiger partial charge in [-0.2, -0.15) is 0 Å². The summed E-state index contributed by atoms with van der Waals surface area (Å²) in [7, 11) is 0. The molecule has 2 aliphatic heterocycles. The van der Waals surface area contributed by atoms with Crippen LogP contribution in [0.3, 0.4) is 0 Å². The molecule has 2 atom stereocenters. The van der Waals surface area contributed by atoms with Crippen molar-refractivity contribution in [3.8, 4) is 5.75 Å². The van der Waals surface area contributed by atoms with E-state index >= 15 is 0 Å². The molecule has 1 aliphatic carbocycles. The fourth-order valence-corrected chi connectivity index (χ4v) is 4.48. The van der Waals surface area contributed by atoms with Gasteiger partial charge in [-0.15, -0.1) is 12.4 Å². The summed E-state index contributed by atoms with van der Waals surface area (Å²) in [4.78, 5) is 12.5. The van der Waals surface area contributed by atoms with Crippen LogP contribution in [-0.2, 0) is 4.79 Å². The zero-order valence-corrected chi connectivity index (χ0v) is 14.9. The molecular formula is C19H27ClN2O2. The summed E-state index contributed by atoms with van der Waals surface area (Å²) in [6.45, 7) is 1.04. The second kappa shape index (κ2) is 7.32. The molecule has 4 rings (SSSR count). The lowest BCUT2D eigenvalue weighted by Crippen LogP contribution is -2.44. The van der Waals surface area contributed by atoms with Crippen LogP contribution in [0.2, 0.25) is 0 Å². The third-order valence-electron chi connectivity index (χ3n) is 5.64. The number of halogens is 1. The van der Waals surface area contributed by atoms with Crippen LogP contribution in [-0.4, -0.2) is 24.1 Å². The Morgan fingerprint density at radius 3 is 2.79 bits per heavy atom. The summed E-state index contributed by atoms with van der Waals surface area (Å²) in [5.74, 6) is 1.13. The van der Waals surface area contributed by atoms with Crippen molar-refractivity contribution < 1.29 is 9.53 Å². The molecule has 0 bridgehead atoms. The molecule has 24 heavy (non-hydrogen) atoms. The number of benzene rings is 1. The third kappa shape index (κ3) is 3.55. The first-order valence-corrected chi connectivity index (χ1v) is 9.05. The topological polar surface area (TPSA) is 50.4 Å². The standard InChI is InChI=1S/C19H26N2O2.ClH/c22-18(12-14-6-5-11-20-14)21-16-13-19(9-3-4-10-19)23-17-8-2-1-7-15(16)17;/h1-2,7-8,14,16,20H,3-6,9-13H2,(H,21,22);1H. The quantitative estimate of drug-likeness (QED) is 0.877. The van der Waals surface area contributed by atoms with Crippen molar-refractivity contribution in [1.82, 2.24) is 10.6 Å². The molecular weight excluding hydrogens is 324 g/mol. The van der Waals surface area contributed by atoms with Crippen LogP contribution in [0.1, 0.15) is 63.0 Å². The molecule has 0 radical (unpaired) electrons. The van der Waals surface area contributed by atoms with E-state index in [1.54, 1.807) is 0 Å². The summed E-state index contributed by atoms with van der Waals surface area (Å²) in [6.07, 6.45) is 8.47. The number of hydrogen-bond donors (Lipinski definition) is 2. The summed E-state index contributed by atoms with van der Waals surface area (Å²) in [5, 5.41) is 6.70.